The molecule has 2 aromatic rings. The fourth-order valence-electron chi connectivity index (χ4n) is 1.58. The molecule has 2 rings (SSSR count). The van der Waals surface area contributed by atoms with E-state index in [1.165, 1.54) is 16.9 Å². The molecule has 19 heavy (non-hydrogen) atoms. The van der Waals surface area contributed by atoms with Crippen molar-refractivity contribution in [1.29, 1.82) is 0 Å². The molecule has 0 N–H and O–H groups in total. The molecule has 0 bridgehead atoms. The number of isothiocyanates is 1. The highest BCUT2D eigenvalue weighted by Crippen LogP contribution is 2.29. The molecule has 1 aromatic heterocycles. The lowest BCUT2D eigenvalue weighted by molar-refractivity contribution is -0.137. The monoisotopic (exact) mass is 283 g/mol. The summed E-state index contributed by atoms with van der Waals surface area (Å²) in [5.74, 6) is 0. The first kappa shape index (κ1) is 13.5. The maximum atomic E-state index is 12.6. The van der Waals surface area contributed by atoms with Gasteiger partial charge in [0.2, 0.25) is 0 Å². The second-order valence-corrected chi connectivity index (χ2v) is 3.98. The standard InChI is InChI=1S/C12H8F3N3S/c13-12(14,15)10-3-1-2-9(4-10)6-18-7-11(5-17-18)16-8-19/h1-5,7H,6H2. The number of nitrogens with zero attached hydrogens (tertiary/aromatic N) is 3. The Morgan fingerprint density at radius 1 is 1.37 bits per heavy atom. The Morgan fingerprint density at radius 2 is 2.16 bits per heavy atom. The summed E-state index contributed by atoms with van der Waals surface area (Å²) in [5, 5.41) is 6.17. The molecule has 0 aliphatic carbocycles. The van der Waals surface area contributed by atoms with E-state index < -0.39 is 11.7 Å². The van der Waals surface area contributed by atoms with Gasteiger partial charge in [0.25, 0.3) is 0 Å². The Kier molecular flexibility index (Phi) is 3.78. The molecule has 1 aromatic carbocycles. The van der Waals surface area contributed by atoms with Gasteiger partial charge in [0.1, 0.15) is 5.69 Å². The van der Waals surface area contributed by atoms with Gasteiger partial charge in [-0.25, -0.2) is 0 Å². The van der Waals surface area contributed by atoms with Gasteiger partial charge < -0.3 is 0 Å². The zero-order valence-corrected chi connectivity index (χ0v) is 10.4. The number of thiocarbonyl (C=S) groups is 1. The minimum absolute atomic E-state index is 0.233. The topological polar surface area (TPSA) is 30.2 Å². The summed E-state index contributed by atoms with van der Waals surface area (Å²) in [6.07, 6.45) is -1.29. The van der Waals surface area contributed by atoms with Crippen LogP contribution in [0.5, 0.6) is 0 Å². The summed E-state index contributed by atoms with van der Waals surface area (Å²) in [6.45, 7) is 0.233. The smallest absolute Gasteiger partial charge is 0.266 e. The number of benzene rings is 1. The highest BCUT2D eigenvalue weighted by Gasteiger charge is 2.30. The molecule has 0 aliphatic rings. The minimum Gasteiger partial charge on any atom is -0.266 e. The van der Waals surface area contributed by atoms with E-state index in [0.717, 1.165) is 12.1 Å². The number of rotatable bonds is 3. The van der Waals surface area contributed by atoms with Crippen LogP contribution in [0, 0.1) is 0 Å². The average molecular weight is 283 g/mol. The van der Waals surface area contributed by atoms with Crippen LogP contribution < -0.4 is 0 Å². The SMILES string of the molecule is FC(F)(F)c1cccc(Cn2cc(N=C=S)cn2)c1. The number of alkyl halides is 3. The maximum absolute atomic E-state index is 12.6. The zero-order chi connectivity index (χ0) is 13.9. The number of hydrogen-bond acceptors (Lipinski definition) is 3. The largest absolute Gasteiger partial charge is 0.416 e. The number of aromatic nitrogens is 2. The van der Waals surface area contributed by atoms with E-state index in [0.29, 0.717) is 11.3 Å². The summed E-state index contributed by atoms with van der Waals surface area (Å²) < 4.78 is 39.1. The molecule has 0 amide bonds. The summed E-state index contributed by atoms with van der Waals surface area (Å²) in [6, 6.07) is 5.12. The summed E-state index contributed by atoms with van der Waals surface area (Å²) in [4.78, 5) is 3.73. The van der Waals surface area contributed by atoms with Gasteiger partial charge in [0.05, 0.1) is 29.7 Å². The van der Waals surface area contributed by atoms with Crippen LogP contribution in [0.4, 0.5) is 18.9 Å². The van der Waals surface area contributed by atoms with Crippen molar-refractivity contribution in [1.82, 2.24) is 9.78 Å². The molecule has 0 aliphatic heterocycles. The van der Waals surface area contributed by atoms with E-state index >= 15 is 0 Å². The highest BCUT2D eigenvalue weighted by molar-refractivity contribution is 7.78. The van der Waals surface area contributed by atoms with E-state index in [2.05, 4.69) is 27.5 Å². The first-order chi connectivity index (χ1) is 8.99. The third-order valence-corrected chi connectivity index (χ3v) is 2.48. The molecule has 0 unspecified atom stereocenters. The molecule has 98 valence electrons. The van der Waals surface area contributed by atoms with Crippen LogP contribution in [0.2, 0.25) is 0 Å². The third-order valence-electron chi connectivity index (χ3n) is 2.39. The Balaban J connectivity index is 2.21. The van der Waals surface area contributed by atoms with Gasteiger partial charge in [-0.3, -0.25) is 4.68 Å². The van der Waals surface area contributed by atoms with Crippen LogP contribution in [0.25, 0.3) is 0 Å². The second kappa shape index (κ2) is 5.34. The van der Waals surface area contributed by atoms with Crippen LogP contribution in [-0.4, -0.2) is 14.9 Å². The second-order valence-electron chi connectivity index (χ2n) is 3.80. The predicted octanol–water partition coefficient (Wildman–Crippen LogP) is 3.68. The Labute approximate surface area is 112 Å². The van der Waals surface area contributed by atoms with Crippen LogP contribution >= 0.6 is 12.2 Å². The highest BCUT2D eigenvalue weighted by atomic mass is 32.1. The quantitative estimate of drug-likeness (QED) is 0.635. The first-order valence-corrected chi connectivity index (χ1v) is 5.66. The zero-order valence-electron chi connectivity index (χ0n) is 9.55. The lowest BCUT2D eigenvalue weighted by atomic mass is 10.1. The summed E-state index contributed by atoms with van der Waals surface area (Å²) in [7, 11) is 0. The van der Waals surface area contributed by atoms with Gasteiger partial charge in [-0.2, -0.15) is 23.3 Å². The maximum Gasteiger partial charge on any atom is 0.416 e. The van der Waals surface area contributed by atoms with Crippen molar-refractivity contribution in [2.75, 3.05) is 0 Å². The molecule has 0 saturated heterocycles. The Morgan fingerprint density at radius 3 is 2.84 bits per heavy atom. The molecule has 0 radical (unpaired) electrons. The van der Waals surface area contributed by atoms with E-state index in [9.17, 15) is 13.2 Å². The first-order valence-electron chi connectivity index (χ1n) is 5.25. The lowest BCUT2D eigenvalue weighted by Crippen LogP contribution is -2.07. The third kappa shape index (κ3) is 3.49. The van der Waals surface area contributed by atoms with Crippen LogP contribution in [-0.2, 0) is 12.7 Å². The van der Waals surface area contributed by atoms with Gasteiger partial charge in [-0.1, -0.05) is 12.1 Å². The fourth-order valence-corrected chi connectivity index (χ4v) is 1.69. The molecule has 3 nitrogen and oxygen atoms in total. The normalized spacial score (nSPS) is 11.1. The molecule has 7 heteroatoms. The fraction of sp³-hybridized carbons (Fsp3) is 0.167. The van der Waals surface area contributed by atoms with Crippen molar-refractivity contribution in [3.05, 3.63) is 47.8 Å². The number of halogens is 3. The molecule has 0 spiro atoms. The average Bonchev–Trinajstić information content (AvgIpc) is 2.76. The van der Waals surface area contributed by atoms with Gasteiger partial charge in [0.15, 0.2) is 0 Å². The van der Waals surface area contributed by atoms with Gasteiger partial charge in [-0.15, -0.1) is 0 Å². The summed E-state index contributed by atoms with van der Waals surface area (Å²) in [5.41, 5.74) is 0.354. The van der Waals surface area contributed by atoms with Gasteiger partial charge >= 0.3 is 6.18 Å². The predicted molar refractivity (Wildman–Crippen MR) is 67.5 cm³/mol. The number of hydrogen-bond donors (Lipinski definition) is 0. The van der Waals surface area contributed by atoms with Crippen molar-refractivity contribution in [2.45, 2.75) is 12.7 Å². The van der Waals surface area contributed by atoms with Crippen molar-refractivity contribution in [2.24, 2.45) is 4.99 Å². The van der Waals surface area contributed by atoms with Crippen molar-refractivity contribution < 1.29 is 13.2 Å². The molecule has 0 fully saturated rings. The van der Waals surface area contributed by atoms with Crippen LogP contribution in [0.3, 0.4) is 0 Å². The lowest BCUT2D eigenvalue weighted by Gasteiger charge is -2.08. The number of aliphatic imine (C=N–C) groups is 1. The van der Waals surface area contributed by atoms with E-state index in [4.69, 9.17) is 0 Å². The van der Waals surface area contributed by atoms with Gasteiger partial charge in [-0.05, 0) is 29.9 Å². The van der Waals surface area contributed by atoms with E-state index in [1.54, 1.807) is 12.3 Å². The Hall–Kier alpha value is -1.98. The molecular formula is C12H8F3N3S. The van der Waals surface area contributed by atoms with Crippen molar-refractivity contribution >= 4 is 23.1 Å². The Bertz CT molecular complexity index is 627. The van der Waals surface area contributed by atoms with Crippen LogP contribution in [0.15, 0.2) is 41.7 Å². The minimum atomic E-state index is -4.34. The van der Waals surface area contributed by atoms with Crippen molar-refractivity contribution in [3.8, 4) is 0 Å². The van der Waals surface area contributed by atoms with E-state index in [-0.39, 0.29) is 6.54 Å². The van der Waals surface area contributed by atoms with Crippen molar-refractivity contribution in [3.63, 3.8) is 0 Å². The molecule has 1 heterocycles. The molecule has 0 saturated carbocycles. The van der Waals surface area contributed by atoms with Crippen LogP contribution in [0.1, 0.15) is 11.1 Å². The summed E-state index contributed by atoms with van der Waals surface area (Å²) >= 11 is 4.45. The molecular weight excluding hydrogens is 275 g/mol. The molecule has 0 atom stereocenters. The van der Waals surface area contributed by atoms with E-state index in [1.807, 2.05) is 0 Å². The van der Waals surface area contributed by atoms with Gasteiger partial charge in [0, 0.05) is 0 Å².